The van der Waals surface area contributed by atoms with Gasteiger partial charge in [0, 0.05) is 30.4 Å². The molecule has 34 heavy (non-hydrogen) atoms. The molecule has 0 spiro atoms. The molecule has 2 N–H and O–H groups in total. The van der Waals surface area contributed by atoms with E-state index < -0.39 is 0 Å². The van der Waals surface area contributed by atoms with E-state index in [9.17, 15) is 4.79 Å². The van der Waals surface area contributed by atoms with E-state index >= 15 is 0 Å². The van der Waals surface area contributed by atoms with Crippen molar-refractivity contribution in [2.24, 2.45) is 5.41 Å². The monoisotopic (exact) mass is 521 g/mol. The maximum Gasteiger partial charge on any atom is 0.226 e. The normalized spacial score (nSPS) is 24.3. The second-order valence-electron chi connectivity index (χ2n) is 9.36. The molecule has 1 unspecified atom stereocenters. The Hall–Kier alpha value is -3.11. The van der Waals surface area contributed by atoms with Gasteiger partial charge in [-0.1, -0.05) is 13.0 Å². The van der Waals surface area contributed by atoms with Gasteiger partial charge < -0.3 is 15.4 Å². The van der Waals surface area contributed by atoms with Crippen LogP contribution in [0.1, 0.15) is 26.2 Å². The Morgan fingerprint density at radius 2 is 2.12 bits per heavy atom. The molecule has 1 aliphatic carbocycles. The van der Waals surface area contributed by atoms with E-state index in [1.807, 2.05) is 37.3 Å². The molecule has 2 fully saturated rings. The molecule has 4 aromatic rings. The molecule has 2 aliphatic rings. The molecule has 6 rings (SSSR count). The van der Waals surface area contributed by atoms with Crippen molar-refractivity contribution >= 4 is 49.7 Å². The van der Waals surface area contributed by atoms with E-state index in [0.29, 0.717) is 29.4 Å². The minimum Gasteiger partial charge on any atom is -0.379 e. The van der Waals surface area contributed by atoms with Gasteiger partial charge in [-0.2, -0.15) is 10.1 Å². The second kappa shape index (κ2) is 8.28. The third-order valence-electron chi connectivity index (χ3n) is 6.75. The fourth-order valence-electron chi connectivity index (χ4n) is 4.82. The lowest BCUT2D eigenvalue weighted by molar-refractivity contribution is -0.135. The lowest BCUT2D eigenvalue weighted by atomic mass is 9.66. The van der Waals surface area contributed by atoms with Gasteiger partial charge in [-0.25, -0.2) is 9.67 Å². The summed E-state index contributed by atoms with van der Waals surface area (Å²) in [7, 11) is 0. The van der Waals surface area contributed by atoms with Crippen LogP contribution in [0.4, 0.5) is 5.95 Å². The van der Waals surface area contributed by atoms with Gasteiger partial charge in [0.2, 0.25) is 11.9 Å². The third kappa shape index (κ3) is 3.80. The van der Waals surface area contributed by atoms with Gasteiger partial charge in [0.1, 0.15) is 4.60 Å². The smallest absolute Gasteiger partial charge is 0.226 e. The number of benzene rings is 1. The van der Waals surface area contributed by atoms with Crippen molar-refractivity contribution in [1.82, 2.24) is 30.0 Å². The number of anilines is 1. The third-order valence-corrected chi connectivity index (χ3v) is 7.34. The molecule has 0 radical (unpaired) electrons. The number of carbonyl (C=O) groups excluding carboxylic acids is 1. The molecule has 10 heteroatoms. The lowest BCUT2D eigenvalue weighted by Crippen LogP contribution is -2.54. The molecule has 1 saturated carbocycles. The number of rotatable bonds is 5. The maximum absolute atomic E-state index is 12.7. The Labute approximate surface area is 204 Å². The van der Waals surface area contributed by atoms with Crippen LogP contribution < -0.4 is 10.6 Å². The number of aromatic nitrogens is 5. The first kappa shape index (κ1) is 21.4. The van der Waals surface area contributed by atoms with Crippen LogP contribution in [-0.4, -0.2) is 55.9 Å². The van der Waals surface area contributed by atoms with Crippen LogP contribution in [-0.2, 0) is 9.53 Å². The van der Waals surface area contributed by atoms with Crippen LogP contribution in [0, 0.1) is 5.41 Å². The Kier molecular flexibility index (Phi) is 5.22. The Morgan fingerprint density at radius 3 is 2.94 bits per heavy atom. The van der Waals surface area contributed by atoms with Crippen molar-refractivity contribution in [2.75, 3.05) is 18.5 Å². The number of hydrogen-bond acceptors (Lipinski definition) is 7. The number of ether oxygens (including phenoxy) is 1. The SMILES string of the molecule is CC1(C(=O)NC2CCOC2)CC(Nc2ncc3c(Br)nn(-c4ccc5ncccc5c4)c3n2)C1. The van der Waals surface area contributed by atoms with Gasteiger partial charge in [-0.05, 0) is 59.5 Å². The zero-order valence-electron chi connectivity index (χ0n) is 18.7. The molecular formula is C24H24BrN7O2. The average Bonchev–Trinajstić information content (AvgIpc) is 3.45. The van der Waals surface area contributed by atoms with E-state index in [1.165, 1.54) is 0 Å². The van der Waals surface area contributed by atoms with Gasteiger partial charge in [0.25, 0.3) is 0 Å². The van der Waals surface area contributed by atoms with E-state index in [4.69, 9.17) is 9.72 Å². The highest BCUT2D eigenvalue weighted by Gasteiger charge is 2.47. The lowest BCUT2D eigenvalue weighted by Gasteiger charge is -2.44. The molecule has 1 aliphatic heterocycles. The Balaban J connectivity index is 1.21. The number of nitrogens with zero attached hydrogens (tertiary/aromatic N) is 5. The summed E-state index contributed by atoms with van der Waals surface area (Å²) in [6, 6.07) is 10.2. The number of hydrogen-bond donors (Lipinski definition) is 2. The van der Waals surface area contributed by atoms with Crippen molar-refractivity contribution < 1.29 is 9.53 Å². The molecule has 1 atom stereocenters. The van der Waals surface area contributed by atoms with Gasteiger partial charge in [0.15, 0.2) is 5.65 Å². The summed E-state index contributed by atoms with van der Waals surface area (Å²) < 4.78 is 7.86. The van der Waals surface area contributed by atoms with Gasteiger partial charge in [-0.15, -0.1) is 0 Å². The molecule has 1 aromatic carbocycles. The van der Waals surface area contributed by atoms with Crippen molar-refractivity contribution in [3.8, 4) is 5.69 Å². The van der Waals surface area contributed by atoms with Crippen molar-refractivity contribution in [3.63, 3.8) is 0 Å². The topological polar surface area (TPSA) is 107 Å². The van der Waals surface area contributed by atoms with Crippen LogP contribution >= 0.6 is 15.9 Å². The number of amides is 1. The minimum absolute atomic E-state index is 0.102. The molecule has 9 nitrogen and oxygen atoms in total. The fourth-order valence-corrected chi connectivity index (χ4v) is 5.26. The number of halogens is 1. The summed E-state index contributed by atoms with van der Waals surface area (Å²) in [6.45, 7) is 3.34. The highest BCUT2D eigenvalue weighted by atomic mass is 79.9. The molecule has 0 bridgehead atoms. The molecule has 4 heterocycles. The number of carbonyl (C=O) groups is 1. The quantitative estimate of drug-likeness (QED) is 0.413. The van der Waals surface area contributed by atoms with Crippen molar-refractivity contribution in [2.45, 2.75) is 38.3 Å². The minimum atomic E-state index is -0.381. The highest BCUT2D eigenvalue weighted by molar-refractivity contribution is 9.10. The van der Waals surface area contributed by atoms with Gasteiger partial charge in [-0.3, -0.25) is 9.78 Å². The summed E-state index contributed by atoms with van der Waals surface area (Å²) in [5.74, 6) is 0.630. The van der Waals surface area contributed by atoms with Gasteiger partial charge >= 0.3 is 0 Å². The summed E-state index contributed by atoms with van der Waals surface area (Å²) in [4.78, 5) is 26.4. The first-order chi connectivity index (χ1) is 16.5. The van der Waals surface area contributed by atoms with Gasteiger partial charge in [0.05, 0.1) is 34.7 Å². The second-order valence-corrected chi connectivity index (χ2v) is 10.1. The summed E-state index contributed by atoms with van der Waals surface area (Å²) in [5, 5.41) is 13.0. The van der Waals surface area contributed by atoms with Crippen molar-refractivity contribution in [3.05, 3.63) is 47.3 Å². The maximum atomic E-state index is 12.7. The van der Waals surface area contributed by atoms with E-state index in [1.54, 1.807) is 17.1 Å². The van der Waals surface area contributed by atoms with E-state index in [2.05, 4.69) is 41.6 Å². The molecule has 174 valence electrons. The van der Waals surface area contributed by atoms with Crippen LogP contribution in [0.25, 0.3) is 27.6 Å². The molecule has 3 aromatic heterocycles. The largest absolute Gasteiger partial charge is 0.379 e. The zero-order valence-corrected chi connectivity index (χ0v) is 20.2. The molecule has 1 amide bonds. The molecular weight excluding hydrogens is 498 g/mol. The molecule has 1 saturated heterocycles. The standard InChI is InChI=1S/C24H24BrN7O2/c1-24(22(33)28-15-6-8-34-13-15)10-16(11-24)29-23-27-12-18-20(25)31-32(21(18)30-23)17-4-5-19-14(9-17)3-2-7-26-19/h2-5,7,9,12,15-16H,6,8,10-11,13H2,1H3,(H,28,33)(H,27,29,30). The van der Waals surface area contributed by atoms with Crippen molar-refractivity contribution in [1.29, 1.82) is 0 Å². The van der Waals surface area contributed by atoms with Crippen LogP contribution in [0.15, 0.2) is 47.3 Å². The zero-order chi connectivity index (χ0) is 23.3. The van der Waals surface area contributed by atoms with E-state index in [-0.39, 0.29) is 23.4 Å². The average molecular weight is 522 g/mol. The number of fused-ring (bicyclic) bond motifs is 2. The predicted octanol–water partition coefficient (Wildman–Crippen LogP) is 3.61. The Bertz CT molecular complexity index is 1390. The first-order valence-electron chi connectivity index (χ1n) is 11.4. The fraction of sp³-hybridized carbons (Fsp3) is 0.375. The van der Waals surface area contributed by atoms with Crippen LogP contribution in [0.5, 0.6) is 0 Å². The predicted molar refractivity (Wildman–Crippen MR) is 132 cm³/mol. The Morgan fingerprint density at radius 1 is 1.24 bits per heavy atom. The number of nitrogens with one attached hydrogen (secondary N) is 2. The summed E-state index contributed by atoms with van der Waals surface area (Å²) in [6.07, 6.45) is 5.90. The first-order valence-corrected chi connectivity index (χ1v) is 12.2. The van der Waals surface area contributed by atoms with E-state index in [0.717, 1.165) is 41.2 Å². The highest BCUT2D eigenvalue weighted by Crippen LogP contribution is 2.42. The summed E-state index contributed by atoms with van der Waals surface area (Å²) >= 11 is 3.53. The number of pyridine rings is 1. The summed E-state index contributed by atoms with van der Waals surface area (Å²) in [5.41, 5.74) is 2.14. The van der Waals surface area contributed by atoms with Crippen LogP contribution in [0.2, 0.25) is 0 Å². The van der Waals surface area contributed by atoms with Crippen LogP contribution in [0.3, 0.4) is 0 Å².